The quantitative estimate of drug-likeness (QED) is 0.507. The van der Waals surface area contributed by atoms with Crippen LogP contribution in [0.15, 0.2) is 42.5 Å². The molecule has 0 fully saturated rings. The second kappa shape index (κ2) is 11.8. The van der Waals surface area contributed by atoms with Gasteiger partial charge in [0.15, 0.2) is 11.6 Å². The van der Waals surface area contributed by atoms with Gasteiger partial charge in [0.25, 0.3) is 0 Å². The van der Waals surface area contributed by atoms with E-state index in [-0.39, 0.29) is 43.4 Å². The van der Waals surface area contributed by atoms with Crippen LogP contribution in [0.5, 0.6) is 0 Å². The molecule has 2 aromatic carbocycles. The Morgan fingerprint density at radius 1 is 1.06 bits per heavy atom. The molecule has 0 saturated heterocycles. The highest BCUT2D eigenvalue weighted by Gasteiger charge is 2.28. The molecule has 1 atom stereocenters. The van der Waals surface area contributed by atoms with E-state index in [1.165, 1.54) is 11.0 Å². The molecule has 0 aliphatic rings. The van der Waals surface area contributed by atoms with E-state index in [9.17, 15) is 26.8 Å². The van der Waals surface area contributed by atoms with E-state index in [0.717, 1.165) is 33.8 Å². The number of hydrogen-bond donors (Lipinski definition) is 1. The van der Waals surface area contributed by atoms with E-state index < -0.39 is 33.2 Å². The van der Waals surface area contributed by atoms with E-state index >= 15 is 0 Å². The average Bonchev–Trinajstić information content (AvgIpc) is 2.74. The van der Waals surface area contributed by atoms with Gasteiger partial charge in [-0.05, 0) is 58.7 Å². The molecule has 1 N–H and O–H groups in total. The molecule has 36 heavy (non-hydrogen) atoms. The van der Waals surface area contributed by atoms with Crippen LogP contribution in [0.25, 0.3) is 0 Å². The first-order valence-electron chi connectivity index (χ1n) is 11.7. The minimum atomic E-state index is -3.81. The van der Waals surface area contributed by atoms with Gasteiger partial charge in [-0.15, -0.1) is 0 Å². The van der Waals surface area contributed by atoms with Crippen molar-refractivity contribution in [3.8, 4) is 0 Å². The summed E-state index contributed by atoms with van der Waals surface area (Å²) in [6.07, 6.45) is 1.02. The van der Waals surface area contributed by atoms with Gasteiger partial charge >= 0.3 is 0 Å². The number of carbonyl (C=O) groups excluding carboxylic acids is 2. The van der Waals surface area contributed by atoms with Crippen LogP contribution in [0, 0.1) is 18.6 Å². The molecule has 0 bridgehead atoms. The van der Waals surface area contributed by atoms with Crippen LogP contribution in [-0.4, -0.2) is 49.5 Å². The third kappa shape index (κ3) is 8.58. The lowest BCUT2D eigenvalue weighted by atomic mass is 10.1. The summed E-state index contributed by atoms with van der Waals surface area (Å²) in [6, 6.07) is 9.68. The second-order valence-electron chi connectivity index (χ2n) is 9.96. The monoisotopic (exact) mass is 523 g/mol. The Hall–Kier alpha value is -3.01. The zero-order valence-corrected chi connectivity index (χ0v) is 22.5. The van der Waals surface area contributed by atoms with Gasteiger partial charge < -0.3 is 10.2 Å². The number of benzene rings is 2. The largest absolute Gasteiger partial charge is 0.350 e. The third-order valence-electron chi connectivity index (χ3n) is 5.44. The number of amides is 2. The highest BCUT2D eigenvalue weighted by Crippen LogP contribution is 2.22. The highest BCUT2D eigenvalue weighted by atomic mass is 32.2. The van der Waals surface area contributed by atoms with Gasteiger partial charge in [-0.2, -0.15) is 0 Å². The molecular weight excluding hydrogens is 488 g/mol. The molecule has 0 aliphatic carbocycles. The van der Waals surface area contributed by atoms with E-state index in [2.05, 4.69) is 5.32 Å². The van der Waals surface area contributed by atoms with Gasteiger partial charge in [-0.25, -0.2) is 17.2 Å². The van der Waals surface area contributed by atoms with Gasteiger partial charge in [0.05, 0.1) is 11.9 Å². The van der Waals surface area contributed by atoms with Crippen molar-refractivity contribution in [2.45, 2.75) is 65.6 Å². The molecule has 2 aromatic rings. The van der Waals surface area contributed by atoms with Crippen molar-refractivity contribution in [2.24, 2.45) is 0 Å². The van der Waals surface area contributed by atoms with Crippen LogP contribution in [0.2, 0.25) is 0 Å². The topological polar surface area (TPSA) is 86.8 Å². The summed E-state index contributed by atoms with van der Waals surface area (Å²) < 4.78 is 52.6. The van der Waals surface area contributed by atoms with E-state index in [1.807, 2.05) is 52.0 Å². The molecule has 7 nitrogen and oxygen atoms in total. The molecule has 0 heterocycles. The van der Waals surface area contributed by atoms with Crippen LogP contribution in [0.1, 0.15) is 51.7 Å². The number of nitrogens with zero attached hydrogens (tertiary/aromatic N) is 2. The Balaban J connectivity index is 2.21. The Labute approximate surface area is 212 Å². The predicted octanol–water partition coefficient (Wildman–Crippen LogP) is 4.15. The summed E-state index contributed by atoms with van der Waals surface area (Å²) in [7, 11) is -3.81. The Morgan fingerprint density at radius 3 is 2.28 bits per heavy atom. The van der Waals surface area contributed by atoms with E-state index in [1.54, 1.807) is 6.92 Å². The van der Waals surface area contributed by atoms with Crippen LogP contribution >= 0.6 is 0 Å². The molecule has 0 radical (unpaired) electrons. The maximum absolute atomic E-state index is 13.7. The van der Waals surface area contributed by atoms with E-state index in [4.69, 9.17) is 0 Å². The SMILES string of the molecule is Cc1cccc(CN(C(=O)CCCN(c2ccc(F)c(F)c2)S(C)(=O)=O)C(C)C(=O)NC(C)(C)C)c1. The second-order valence-corrected chi connectivity index (χ2v) is 11.9. The fourth-order valence-corrected chi connectivity index (χ4v) is 4.67. The van der Waals surface area contributed by atoms with E-state index in [0.29, 0.717) is 0 Å². The minimum absolute atomic E-state index is 0.0293. The van der Waals surface area contributed by atoms with Crippen molar-refractivity contribution in [1.29, 1.82) is 0 Å². The van der Waals surface area contributed by atoms with Crippen molar-refractivity contribution in [3.63, 3.8) is 0 Å². The molecule has 0 aromatic heterocycles. The maximum atomic E-state index is 13.7. The molecule has 2 rings (SSSR count). The molecule has 1 unspecified atom stereocenters. The minimum Gasteiger partial charge on any atom is -0.350 e. The number of halogens is 2. The normalized spacial score (nSPS) is 12.7. The summed E-state index contributed by atoms with van der Waals surface area (Å²) in [5.74, 6) is -2.88. The molecule has 0 saturated carbocycles. The number of hydrogen-bond acceptors (Lipinski definition) is 4. The lowest BCUT2D eigenvalue weighted by Gasteiger charge is -2.32. The zero-order chi connectivity index (χ0) is 27.3. The van der Waals surface area contributed by atoms with Gasteiger partial charge in [-0.3, -0.25) is 13.9 Å². The average molecular weight is 524 g/mol. The number of anilines is 1. The van der Waals surface area contributed by atoms with Crippen molar-refractivity contribution in [2.75, 3.05) is 17.1 Å². The smallest absolute Gasteiger partial charge is 0.242 e. The molecule has 198 valence electrons. The predicted molar refractivity (Wildman–Crippen MR) is 137 cm³/mol. The molecule has 2 amide bonds. The lowest BCUT2D eigenvalue weighted by molar-refractivity contribution is -0.141. The number of aryl methyl sites for hydroxylation is 1. The summed E-state index contributed by atoms with van der Waals surface area (Å²) in [5.41, 5.74) is 1.36. The van der Waals surface area contributed by atoms with Crippen LogP contribution < -0.4 is 9.62 Å². The number of rotatable bonds is 10. The van der Waals surface area contributed by atoms with Crippen LogP contribution in [-0.2, 0) is 26.2 Å². The fraction of sp³-hybridized carbons (Fsp3) is 0.462. The molecule has 10 heteroatoms. The van der Waals surface area contributed by atoms with Crippen LogP contribution in [0.3, 0.4) is 0 Å². The highest BCUT2D eigenvalue weighted by molar-refractivity contribution is 7.92. The summed E-state index contributed by atoms with van der Waals surface area (Å²) in [4.78, 5) is 27.6. The summed E-state index contributed by atoms with van der Waals surface area (Å²) in [5, 5.41) is 2.89. The van der Waals surface area contributed by atoms with Gasteiger partial charge in [0, 0.05) is 31.1 Å². The first-order valence-corrected chi connectivity index (χ1v) is 13.5. The van der Waals surface area contributed by atoms with Crippen molar-refractivity contribution < 1.29 is 26.8 Å². The van der Waals surface area contributed by atoms with Gasteiger partial charge in [0.2, 0.25) is 21.8 Å². The first kappa shape index (κ1) is 29.2. The van der Waals surface area contributed by atoms with Crippen molar-refractivity contribution in [3.05, 3.63) is 65.2 Å². The number of carbonyl (C=O) groups is 2. The Morgan fingerprint density at radius 2 is 1.72 bits per heavy atom. The number of nitrogens with one attached hydrogen (secondary N) is 1. The van der Waals surface area contributed by atoms with Crippen molar-refractivity contribution in [1.82, 2.24) is 10.2 Å². The fourth-order valence-electron chi connectivity index (χ4n) is 3.71. The van der Waals surface area contributed by atoms with Gasteiger partial charge in [-0.1, -0.05) is 29.8 Å². The molecule has 0 spiro atoms. The third-order valence-corrected chi connectivity index (χ3v) is 6.64. The van der Waals surface area contributed by atoms with Gasteiger partial charge in [0.1, 0.15) is 6.04 Å². The first-order chi connectivity index (χ1) is 16.6. The summed E-state index contributed by atoms with van der Waals surface area (Å²) >= 11 is 0. The molecule has 0 aliphatic heterocycles. The standard InChI is InChI=1S/C26H35F2N3O4S/c1-18-9-7-10-20(15-18)17-30(19(2)25(33)29-26(3,4)5)24(32)11-8-14-31(36(6,34)35)21-12-13-22(27)23(28)16-21/h7,9-10,12-13,15-16,19H,8,11,14,17H2,1-6H3,(H,29,33). The maximum Gasteiger partial charge on any atom is 0.242 e. The zero-order valence-electron chi connectivity index (χ0n) is 21.6. The molecular formula is C26H35F2N3O4S. The Kier molecular flexibility index (Phi) is 9.59. The van der Waals surface area contributed by atoms with Crippen molar-refractivity contribution >= 4 is 27.5 Å². The Bertz CT molecular complexity index is 1200. The number of sulfonamides is 1. The lowest BCUT2D eigenvalue weighted by Crippen LogP contribution is -2.52. The van der Waals surface area contributed by atoms with Crippen LogP contribution in [0.4, 0.5) is 14.5 Å². The summed E-state index contributed by atoms with van der Waals surface area (Å²) in [6.45, 7) is 9.23.